The molecule has 228 valence electrons. The van der Waals surface area contributed by atoms with Crippen molar-refractivity contribution < 1.29 is 78.2 Å². The molecule has 2 aromatic rings. The van der Waals surface area contributed by atoms with Crippen molar-refractivity contribution in [2.45, 2.75) is 73.9 Å². The second-order valence-corrected chi connectivity index (χ2v) is 10.6. The Morgan fingerprint density at radius 2 is 1.40 bits per heavy atom. The Kier molecular flexibility index (Phi) is 6.38. The number of ketones is 1. The fourth-order valence-electron chi connectivity index (χ4n) is 5.82. The van der Waals surface area contributed by atoms with Crippen molar-refractivity contribution in [3.8, 4) is 28.7 Å². The summed E-state index contributed by atoms with van der Waals surface area (Å²) >= 11 is 0. The molecule has 16 nitrogen and oxygen atoms in total. The number of phenolic OH excluding ortho intramolecular Hbond substituents is 3. The average molecular weight is 604 g/mol. The third-order valence-electron chi connectivity index (χ3n) is 7.94. The van der Waals surface area contributed by atoms with Crippen LogP contribution < -0.4 is 9.47 Å². The number of hydrogen-bond acceptors (Lipinski definition) is 16. The SMILES string of the molecule is O=C1CC(c2ccc(O)c(O)c2)Oc2cc(OC3OC4C(O)C(=O)OC4C3OC3OC4C(O)C(=O)OC4C3O)cc(O)c21. The Morgan fingerprint density at radius 3 is 2.09 bits per heavy atom. The number of carbonyl (C=O) groups is 3. The van der Waals surface area contributed by atoms with Crippen LogP contribution in [0.25, 0.3) is 0 Å². The van der Waals surface area contributed by atoms with Crippen molar-refractivity contribution in [3.63, 3.8) is 0 Å². The van der Waals surface area contributed by atoms with Gasteiger partial charge in [-0.1, -0.05) is 6.07 Å². The topological polar surface area (TPSA) is 237 Å². The predicted molar refractivity (Wildman–Crippen MR) is 131 cm³/mol. The number of carbonyl (C=O) groups excluding carboxylic acids is 3. The van der Waals surface area contributed by atoms with Crippen molar-refractivity contribution in [1.29, 1.82) is 0 Å². The van der Waals surface area contributed by atoms with Crippen LogP contribution in [0.15, 0.2) is 30.3 Å². The summed E-state index contributed by atoms with van der Waals surface area (Å²) in [6, 6.07) is 6.35. The van der Waals surface area contributed by atoms with E-state index in [1.54, 1.807) is 0 Å². The van der Waals surface area contributed by atoms with E-state index < -0.39 is 96.7 Å². The second kappa shape index (κ2) is 9.94. The smallest absolute Gasteiger partial charge is 0.338 e. The van der Waals surface area contributed by atoms with E-state index in [2.05, 4.69) is 0 Å². The quantitative estimate of drug-likeness (QED) is 0.171. The van der Waals surface area contributed by atoms with Gasteiger partial charge in [0.1, 0.15) is 47.2 Å². The highest BCUT2D eigenvalue weighted by Gasteiger charge is 2.62. The van der Waals surface area contributed by atoms with Crippen molar-refractivity contribution in [2.24, 2.45) is 0 Å². The lowest BCUT2D eigenvalue weighted by atomic mass is 9.95. The van der Waals surface area contributed by atoms with Crippen LogP contribution in [0.2, 0.25) is 0 Å². The van der Waals surface area contributed by atoms with Crippen LogP contribution in [0.1, 0.15) is 28.4 Å². The lowest BCUT2D eigenvalue weighted by Gasteiger charge is -2.29. The number of fused-ring (bicyclic) bond motifs is 3. The van der Waals surface area contributed by atoms with Crippen LogP contribution in [0.4, 0.5) is 0 Å². The van der Waals surface area contributed by atoms with Gasteiger partial charge in [0.25, 0.3) is 0 Å². The molecule has 43 heavy (non-hydrogen) atoms. The van der Waals surface area contributed by atoms with E-state index in [-0.39, 0.29) is 29.2 Å². The van der Waals surface area contributed by atoms with Gasteiger partial charge < -0.3 is 63.8 Å². The largest absolute Gasteiger partial charge is 0.507 e. The van der Waals surface area contributed by atoms with Crippen LogP contribution in [-0.2, 0) is 33.3 Å². The van der Waals surface area contributed by atoms with Gasteiger partial charge in [-0.15, -0.1) is 0 Å². The highest BCUT2D eigenvalue weighted by Crippen LogP contribution is 2.45. The van der Waals surface area contributed by atoms with E-state index in [0.29, 0.717) is 5.56 Å². The summed E-state index contributed by atoms with van der Waals surface area (Å²) in [6.45, 7) is 0. The first-order chi connectivity index (χ1) is 20.5. The maximum atomic E-state index is 12.9. The van der Waals surface area contributed by atoms with Gasteiger partial charge in [-0.05, 0) is 17.7 Å². The zero-order valence-electron chi connectivity index (χ0n) is 21.7. The Balaban J connectivity index is 1.14. The molecule has 0 aliphatic carbocycles. The van der Waals surface area contributed by atoms with E-state index in [4.69, 9.17) is 33.2 Å². The van der Waals surface area contributed by atoms with Crippen molar-refractivity contribution >= 4 is 17.7 Å². The van der Waals surface area contributed by atoms with Crippen molar-refractivity contribution in [1.82, 2.24) is 0 Å². The minimum atomic E-state index is -1.69. The molecule has 0 saturated carbocycles. The van der Waals surface area contributed by atoms with Crippen molar-refractivity contribution in [3.05, 3.63) is 41.5 Å². The molecule has 6 N–H and O–H groups in total. The zero-order chi connectivity index (χ0) is 30.3. The minimum Gasteiger partial charge on any atom is -0.507 e. The van der Waals surface area contributed by atoms with Gasteiger partial charge in [0, 0.05) is 12.1 Å². The van der Waals surface area contributed by atoms with E-state index in [1.807, 2.05) is 0 Å². The van der Waals surface area contributed by atoms with Crippen molar-refractivity contribution in [2.75, 3.05) is 0 Å². The average Bonchev–Trinajstić information content (AvgIpc) is 3.63. The molecule has 11 atom stereocenters. The summed E-state index contributed by atoms with van der Waals surface area (Å²) in [7, 11) is 0. The van der Waals surface area contributed by atoms with E-state index in [9.17, 15) is 45.0 Å². The number of hydrogen-bond donors (Lipinski definition) is 6. The molecule has 2 aromatic carbocycles. The standard InChI is InChI=1S/C27H24O16/c28-9-2-1-7(3-10(9)29)13-6-12(31)15-11(30)4-8(5-14(15)38-13)37-27-23(22-20(42-27)17(33)25(36)40-22)43-26-18(34)21-19(41-26)16(32)24(35)39-21/h1-5,13,16-23,26-30,32-34H,6H2. The monoisotopic (exact) mass is 604 g/mol. The Bertz CT molecular complexity index is 1510. The minimum absolute atomic E-state index is 0.0656. The molecular weight excluding hydrogens is 580 g/mol. The highest BCUT2D eigenvalue weighted by atomic mass is 16.8. The fourth-order valence-corrected chi connectivity index (χ4v) is 5.82. The molecule has 7 rings (SSSR count). The predicted octanol–water partition coefficient (Wildman–Crippen LogP) is -1.34. The van der Waals surface area contributed by atoms with E-state index in [1.165, 1.54) is 24.3 Å². The molecule has 0 spiro atoms. The van der Waals surface area contributed by atoms with Crippen LogP contribution in [0, 0.1) is 0 Å². The van der Waals surface area contributed by atoms with Crippen LogP contribution in [0.3, 0.4) is 0 Å². The molecule has 4 saturated heterocycles. The first-order valence-electron chi connectivity index (χ1n) is 13.2. The molecule has 0 bridgehead atoms. The number of aliphatic hydroxyl groups is 3. The summed E-state index contributed by atoms with van der Waals surface area (Å²) in [5.41, 5.74) is 0.266. The lowest BCUT2D eigenvalue weighted by molar-refractivity contribution is -0.241. The third kappa shape index (κ3) is 4.41. The van der Waals surface area contributed by atoms with Gasteiger partial charge in [0.2, 0.25) is 6.29 Å². The van der Waals surface area contributed by atoms with Gasteiger partial charge in [-0.2, -0.15) is 0 Å². The van der Waals surface area contributed by atoms with Gasteiger partial charge in [0.05, 0.1) is 6.42 Å². The first kappa shape index (κ1) is 27.6. The number of phenols is 3. The number of rotatable bonds is 5. The van der Waals surface area contributed by atoms with Gasteiger partial charge in [-0.3, -0.25) is 4.79 Å². The van der Waals surface area contributed by atoms with Gasteiger partial charge >= 0.3 is 11.9 Å². The van der Waals surface area contributed by atoms with E-state index >= 15 is 0 Å². The maximum Gasteiger partial charge on any atom is 0.338 e. The molecule has 4 fully saturated rings. The van der Waals surface area contributed by atoms with Gasteiger partial charge in [-0.25, -0.2) is 9.59 Å². The summed E-state index contributed by atoms with van der Waals surface area (Å²) in [5.74, 6) is -3.83. The number of aromatic hydroxyl groups is 3. The number of ether oxygens (including phenoxy) is 7. The molecule has 11 unspecified atom stereocenters. The Hall–Kier alpha value is -4.19. The summed E-state index contributed by atoms with van der Waals surface area (Å²) in [6.07, 6.45) is -15.1. The molecule has 5 aliphatic heterocycles. The number of esters is 2. The molecule has 5 aliphatic rings. The summed E-state index contributed by atoms with van der Waals surface area (Å²) in [5, 5.41) is 61.0. The molecule has 5 heterocycles. The zero-order valence-corrected chi connectivity index (χ0v) is 21.7. The van der Waals surface area contributed by atoms with Crippen LogP contribution >= 0.6 is 0 Å². The molecule has 0 aromatic heterocycles. The summed E-state index contributed by atoms with van der Waals surface area (Å²) in [4.78, 5) is 36.6. The van der Waals surface area contributed by atoms with Crippen LogP contribution in [0.5, 0.6) is 28.7 Å². The fraction of sp³-hybridized carbons (Fsp3) is 0.444. The normalized spacial score (nSPS) is 37.7. The molecule has 16 heteroatoms. The molecule has 0 radical (unpaired) electrons. The number of Topliss-reactive ketones (excluding diaryl/α,β-unsaturated/α-hetero) is 1. The molecule has 0 amide bonds. The Morgan fingerprint density at radius 1 is 0.721 bits per heavy atom. The van der Waals surface area contributed by atoms with E-state index in [0.717, 1.165) is 6.07 Å². The number of aliphatic hydroxyl groups excluding tert-OH is 3. The lowest BCUT2D eigenvalue weighted by Crippen LogP contribution is -2.44. The maximum absolute atomic E-state index is 12.9. The second-order valence-electron chi connectivity index (χ2n) is 10.6. The third-order valence-corrected chi connectivity index (χ3v) is 7.94. The Labute approximate surface area is 240 Å². The molecular formula is C27H24O16. The summed E-state index contributed by atoms with van der Waals surface area (Å²) < 4.78 is 39.1. The number of benzene rings is 2. The van der Waals surface area contributed by atoms with Crippen LogP contribution in [-0.4, -0.2) is 110 Å². The first-order valence-corrected chi connectivity index (χ1v) is 13.2. The highest BCUT2D eigenvalue weighted by molar-refractivity contribution is 6.02. The van der Waals surface area contributed by atoms with Gasteiger partial charge in [0.15, 0.2) is 54.1 Å².